The van der Waals surface area contributed by atoms with Crippen LogP contribution in [-0.4, -0.2) is 27.4 Å². The number of hydrogen-bond acceptors (Lipinski definition) is 3. The molecule has 2 amide bonds. The Labute approximate surface area is 176 Å². The van der Waals surface area contributed by atoms with E-state index < -0.39 is 0 Å². The fourth-order valence-electron chi connectivity index (χ4n) is 3.66. The Morgan fingerprint density at radius 1 is 1.03 bits per heavy atom. The zero-order chi connectivity index (χ0) is 21.1. The molecule has 154 valence electrons. The van der Waals surface area contributed by atoms with Crippen molar-refractivity contribution in [3.05, 3.63) is 81.3 Å². The van der Waals surface area contributed by atoms with Gasteiger partial charge < -0.3 is 15.2 Å². The summed E-state index contributed by atoms with van der Waals surface area (Å²) >= 11 is 0. The quantitative estimate of drug-likeness (QED) is 0.688. The third kappa shape index (κ3) is 4.13. The van der Waals surface area contributed by atoms with Crippen LogP contribution in [0.1, 0.15) is 36.2 Å². The number of urea groups is 1. The largest absolute Gasteiger partial charge is 0.322 e. The molecule has 30 heavy (non-hydrogen) atoms. The molecule has 2 heterocycles. The van der Waals surface area contributed by atoms with Gasteiger partial charge in [0.1, 0.15) is 5.82 Å². The van der Waals surface area contributed by atoms with Crippen LogP contribution in [0.2, 0.25) is 0 Å². The topological polar surface area (TPSA) is 78.1 Å². The van der Waals surface area contributed by atoms with E-state index in [4.69, 9.17) is 0 Å². The standard InChI is InChI=1S/C24H26N4O2/c1-3-16-5-9-18(10-6-16)22-26-21-13-14-28(15-20(21)23(29)27-22)24(30)25-19-11-7-17(4-2)8-12-19/h5-12H,3-4,13-15H2,1-2H3,(H,25,30)(H,26,27,29). The second-order valence-electron chi connectivity index (χ2n) is 7.54. The zero-order valence-electron chi connectivity index (χ0n) is 17.4. The number of nitrogens with zero attached hydrogens (tertiary/aromatic N) is 2. The molecule has 1 aliphatic rings. The highest BCUT2D eigenvalue weighted by molar-refractivity contribution is 5.89. The van der Waals surface area contributed by atoms with E-state index in [9.17, 15) is 9.59 Å². The molecular weight excluding hydrogens is 376 g/mol. The van der Waals surface area contributed by atoms with Gasteiger partial charge in [-0.15, -0.1) is 0 Å². The smallest absolute Gasteiger partial charge is 0.320 e. The van der Waals surface area contributed by atoms with E-state index in [1.54, 1.807) is 4.90 Å². The first-order valence-electron chi connectivity index (χ1n) is 10.4. The minimum Gasteiger partial charge on any atom is -0.320 e. The summed E-state index contributed by atoms with van der Waals surface area (Å²) in [6, 6.07) is 15.7. The van der Waals surface area contributed by atoms with Gasteiger partial charge in [0.2, 0.25) is 0 Å². The van der Waals surface area contributed by atoms with Crippen LogP contribution < -0.4 is 10.9 Å². The van der Waals surface area contributed by atoms with Gasteiger partial charge in [-0.25, -0.2) is 9.78 Å². The Hall–Kier alpha value is -3.41. The number of aryl methyl sites for hydroxylation is 2. The SMILES string of the molecule is CCc1ccc(NC(=O)N2CCc3nc(-c4ccc(CC)cc4)[nH]c(=O)c3C2)cc1. The number of nitrogens with one attached hydrogen (secondary N) is 2. The first-order chi connectivity index (χ1) is 14.6. The predicted octanol–water partition coefficient (Wildman–Crippen LogP) is 4.15. The lowest BCUT2D eigenvalue weighted by molar-refractivity contribution is 0.205. The number of carbonyl (C=O) groups is 1. The molecule has 0 bridgehead atoms. The van der Waals surface area contributed by atoms with Crippen molar-refractivity contribution in [2.45, 2.75) is 39.7 Å². The normalized spacial score (nSPS) is 13.1. The fraction of sp³-hybridized carbons (Fsp3) is 0.292. The van der Waals surface area contributed by atoms with Crippen LogP contribution in [0.4, 0.5) is 10.5 Å². The summed E-state index contributed by atoms with van der Waals surface area (Å²) in [5.41, 5.74) is 5.25. The van der Waals surface area contributed by atoms with Gasteiger partial charge in [-0.05, 0) is 36.1 Å². The van der Waals surface area contributed by atoms with Crippen LogP contribution in [0, 0.1) is 0 Å². The van der Waals surface area contributed by atoms with E-state index in [-0.39, 0.29) is 18.1 Å². The lowest BCUT2D eigenvalue weighted by atomic mass is 10.1. The van der Waals surface area contributed by atoms with Crippen LogP contribution in [-0.2, 0) is 25.8 Å². The molecule has 0 fully saturated rings. The predicted molar refractivity (Wildman–Crippen MR) is 119 cm³/mol. The maximum atomic E-state index is 12.7. The number of fused-ring (bicyclic) bond motifs is 1. The summed E-state index contributed by atoms with van der Waals surface area (Å²) in [6.07, 6.45) is 2.48. The highest BCUT2D eigenvalue weighted by atomic mass is 16.2. The number of aromatic nitrogens is 2. The van der Waals surface area contributed by atoms with Crippen LogP contribution in [0.5, 0.6) is 0 Å². The maximum Gasteiger partial charge on any atom is 0.322 e. The highest BCUT2D eigenvalue weighted by Gasteiger charge is 2.24. The number of carbonyl (C=O) groups excluding carboxylic acids is 1. The molecular formula is C24H26N4O2. The van der Waals surface area contributed by atoms with E-state index in [2.05, 4.69) is 29.1 Å². The van der Waals surface area contributed by atoms with Gasteiger partial charge in [0.25, 0.3) is 5.56 Å². The Bertz CT molecular complexity index is 1100. The maximum absolute atomic E-state index is 12.7. The molecule has 0 spiro atoms. The molecule has 2 N–H and O–H groups in total. The number of H-pyrrole nitrogens is 1. The van der Waals surface area contributed by atoms with Crippen molar-refractivity contribution in [1.29, 1.82) is 0 Å². The number of aromatic amines is 1. The van der Waals surface area contributed by atoms with Crippen LogP contribution >= 0.6 is 0 Å². The van der Waals surface area contributed by atoms with Crippen molar-refractivity contribution in [3.63, 3.8) is 0 Å². The van der Waals surface area contributed by atoms with E-state index in [0.717, 1.165) is 29.8 Å². The van der Waals surface area contributed by atoms with Crippen LogP contribution in [0.3, 0.4) is 0 Å². The molecule has 0 aliphatic carbocycles. The van der Waals surface area contributed by atoms with Crippen LogP contribution in [0.15, 0.2) is 53.3 Å². The average Bonchev–Trinajstić information content (AvgIpc) is 2.79. The molecule has 0 unspecified atom stereocenters. The minimum atomic E-state index is -0.205. The zero-order valence-corrected chi connectivity index (χ0v) is 17.4. The molecule has 1 aliphatic heterocycles. The Morgan fingerprint density at radius 2 is 1.67 bits per heavy atom. The first kappa shape index (κ1) is 19.9. The molecule has 0 radical (unpaired) electrons. The summed E-state index contributed by atoms with van der Waals surface area (Å²) < 4.78 is 0. The average molecular weight is 402 g/mol. The summed E-state index contributed by atoms with van der Waals surface area (Å²) in [4.78, 5) is 34.6. The van der Waals surface area contributed by atoms with Gasteiger partial charge in [-0.1, -0.05) is 50.2 Å². The van der Waals surface area contributed by atoms with Crippen molar-refractivity contribution >= 4 is 11.7 Å². The second-order valence-corrected chi connectivity index (χ2v) is 7.54. The second kappa shape index (κ2) is 8.53. The van der Waals surface area contributed by atoms with E-state index >= 15 is 0 Å². The van der Waals surface area contributed by atoms with Gasteiger partial charge >= 0.3 is 6.03 Å². The summed E-state index contributed by atoms with van der Waals surface area (Å²) in [6.45, 7) is 4.98. The van der Waals surface area contributed by atoms with Gasteiger partial charge in [0.15, 0.2) is 0 Å². The Kier molecular flexibility index (Phi) is 5.65. The van der Waals surface area contributed by atoms with Crippen molar-refractivity contribution in [2.75, 3.05) is 11.9 Å². The molecule has 1 aromatic heterocycles. The molecule has 0 saturated heterocycles. The van der Waals surface area contributed by atoms with Gasteiger partial charge in [0.05, 0.1) is 17.8 Å². The summed E-state index contributed by atoms with van der Waals surface area (Å²) in [7, 11) is 0. The van der Waals surface area contributed by atoms with E-state index in [1.165, 1.54) is 11.1 Å². The number of amides is 2. The molecule has 6 heteroatoms. The lowest BCUT2D eigenvalue weighted by Crippen LogP contribution is -2.41. The van der Waals surface area contributed by atoms with Crippen molar-refractivity contribution in [2.24, 2.45) is 0 Å². The Balaban J connectivity index is 1.50. The first-order valence-corrected chi connectivity index (χ1v) is 10.4. The molecule has 2 aromatic carbocycles. The molecule has 6 nitrogen and oxygen atoms in total. The van der Waals surface area contributed by atoms with E-state index in [0.29, 0.717) is 24.4 Å². The highest BCUT2D eigenvalue weighted by Crippen LogP contribution is 2.20. The lowest BCUT2D eigenvalue weighted by Gasteiger charge is -2.28. The summed E-state index contributed by atoms with van der Waals surface area (Å²) in [5, 5.41) is 2.92. The molecule has 3 aromatic rings. The summed E-state index contributed by atoms with van der Waals surface area (Å²) in [5.74, 6) is 0.579. The monoisotopic (exact) mass is 402 g/mol. The molecule has 0 saturated carbocycles. The van der Waals surface area contributed by atoms with Gasteiger partial charge in [-0.2, -0.15) is 0 Å². The molecule has 0 atom stereocenters. The number of anilines is 1. The minimum absolute atomic E-state index is 0.181. The number of rotatable bonds is 4. The van der Waals surface area contributed by atoms with Crippen molar-refractivity contribution in [3.8, 4) is 11.4 Å². The van der Waals surface area contributed by atoms with Crippen LogP contribution in [0.25, 0.3) is 11.4 Å². The molecule has 4 rings (SSSR count). The van der Waals surface area contributed by atoms with Crippen molar-refractivity contribution in [1.82, 2.24) is 14.9 Å². The van der Waals surface area contributed by atoms with Gasteiger partial charge in [-0.3, -0.25) is 4.79 Å². The third-order valence-corrected chi connectivity index (χ3v) is 5.60. The third-order valence-electron chi connectivity index (χ3n) is 5.60. The van der Waals surface area contributed by atoms with E-state index in [1.807, 2.05) is 48.5 Å². The van der Waals surface area contributed by atoms with Gasteiger partial charge in [0, 0.05) is 24.2 Å². The fourth-order valence-corrected chi connectivity index (χ4v) is 3.66. The number of hydrogen-bond donors (Lipinski definition) is 2. The van der Waals surface area contributed by atoms with Crippen molar-refractivity contribution < 1.29 is 4.79 Å². The number of benzene rings is 2. The Morgan fingerprint density at radius 3 is 2.30 bits per heavy atom.